The van der Waals surface area contributed by atoms with Gasteiger partial charge in [-0.15, -0.1) is 0 Å². The van der Waals surface area contributed by atoms with Crippen molar-refractivity contribution < 1.29 is 0 Å². The summed E-state index contributed by atoms with van der Waals surface area (Å²) in [5, 5.41) is 5.07. The minimum Gasteiger partial charge on any atom is -0.235 e. The molecule has 3 heterocycles. The third kappa shape index (κ3) is 1.86. The van der Waals surface area contributed by atoms with E-state index < -0.39 is 0 Å². The van der Waals surface area contributed by atoms with Crippen molar-refractivity contribution in [2.45, 2.75) is 18.8 Å². The molecule has 1 aliphatic rings. The maximum atomic E-state index is 5.90. The van der Waals surface area contributed by atoms with Crippen LogP contribution < -0.4 is 0 Å². The fraction of sp³-hybridized carbons (Fsp3) is 0.231. The van der Waals surface area contributed by atoms with Gasteiger partial charge in [-0.2, -0.15) is 5.10 Å². The molecule has 19 heavy (non-hydrogen) atoms. The normalized spacial score (nSPS) is 15.0. The average Bonchev–Trinajstić information content (AvgIpc) is 3.18. The number of hydrogen-bond donors (Lipinski definition) is 0. The van der Waals surface area contributed by atoms with Crippen molar-refractivity contribution >= 4 is 17.2 Å². The summed E-state index contributed by atoms with van der Waals surface area (Å²) in [6.45, 7) is 0. The molecule has 0 amide bonds. The van der Waals surface area contributed by atoms with E-state index in [1.807, 2.05) is 10.6 Å². The number of imidazole rings is 1. The second kappa shape index (κ2) is 3.99. The molecule has 0 N–H and O–H groups in total. The molecular weight excluding hydrogens is 262 g/mol. The van der Waals surface area contributed by atoms with Gasteiger partial charge in [-0.05, 0) is 25.0 Å². The zero-order valence-corrected chi connectivity index (χ0v) is 10.7. The maximum absolute atomic E-state index is 5.90. The fourth-order valence-electron chi connectivity index (χ4n) is 2.13. The zero-order valence-electron chi connectivity index (χ0n) is 9.99. The van der Waals surface area contributed by atoms with Crippen LogP contribution in [-0.2, 0) is 0 Å². The third-order valence-electron chi connectivity index (χ3n) is 3.27. The van der Waals surface area contributed by atoms with Crippen molar-refractivity contribution in [2.75, 3.05) is 0 Å². The molecule has 4 rings (SSSR count). The summed E-state index contributed by atoms with van der Waals surface area (Å²) >= 11 is 5.90. The Morgan fingerprint density at radius 3 is 2.84 bits per heavy atom. The first-order valence-corrected chi connectivity index (χ1v) is 6.52. The van der Waals surface area contributed by atoms with Crippen molar-refractivity contribution in [3.8, 4) is 11.4 Å². The molecule has 0 bridgehead atoms. The Morgan fingerprint density at radius 2 is 2.05 bits per heavy atom. The molecule has 5 nitrogen and oxygen atoms in total. The van der Waals surface area contributed by atoms with Crippen LogP contribution in [0.4, 0.5) is 0 Å². The van der Waals surface area contributed by atoms with Gasteiger partial charge >= 0.3 is 0 Å². The van der Waals surface area contributed by atoms with Crippen LogP contribution in [0.25, 0.3) is 17.0 Å². The molecule has 0 radical (unpaired) electrons. The molecule has 0 saturated heterocycles. The van der Waals surface area contributed by atoms with Crippen LogP contribution >= 0.6 is 11.6 Å². The van der Waals surface area contributed by atoms with Crippen LogP contribution in [0.3, 0.4) is 0 Å². The Kier molecular flexibility index (Phi) is 2.29. The summed E-state index contributed by atoms with van der Waals surface area (Å²) < 4.78 is 1.83. The largest absolute Gasteiger partial charge is 0.235 e. The van der Waals surface area contributed by atoms with Crippen LogP contribution in [-0.4, -0.2) is 24.6 Å². The van der Waals surface area contributed by atoms with Crippen LogP contribution in [0.5, 0.6) is 0 Å². The molecule has 0 aromatic carbocycles. The molecular formula is C13H10ClN5. The first-order valence-electron chi connectivity index (χ1n) is 6.14. The highest BCUT2D eigenvalue weighted by Crippen LogP contribution is 2.38. The van der Waals surface area contributed by atoms with Gasteiger partial charge in [0.05, 0.1) is 17.6 Å². The predicted molar refractivity (Wildman–Crippen MR) is 71.0 cm³/mol. The Hall–Kier alpha value is -2.01. The summed E-state index contributed by atoms with van der Waals surface area (Å²) in [5.41, 5.74) is 3.50. The third-order valence-corrected chi connectivity index (χ3v) is 3.48. The molecule has 1 fully saturated rings. The lowest BCUT2D eigenvalue weighted by molar-refractivity contribution is 0.857. The van der Waals surface area contributed by atoms with Gasteiger partial charge in [0.1, 0.15) is 17.2 Å². The van der Waals surface area contributed by atoms with Gasteiger partial charge in [0.25, 0.3) is 0 Å². The molecule has 3 aromatic heterocycles. The first-order chi connectivity index (χ1) is 9.31. The summed E-state index contributed by atoms with van der Waals surface area (Å²) in [7, 11) is 0. The molecule has 3 aromatic rings. The van der Waals surface area contributed by atoms with E-state index in [4.69, 9.17) is 11.6 Å². The quantitative estimate of drug-likeness (QED) is 0.673. The Balaban J connectivity index is 1.91. The van der Waals surface area contributed by atoms with Crippen molar-refractivity contribution in [1.82, 2.24) is 24.6 Å². The van der Waals surface area contributed by atoms with Crippen LogP contribution in [0, 0.1) is 0 Å². The van der Waals surface area contributed by atoms with Gasteiger partial charge in [0.15, 0.2) is 5.65 Å². The van der Waals surface area contributed by atoms with Gasteiger partial charge in [-0.25, -0.2) is 19.5 Å². The van der Waals surface area contributed by atoms with E-state index in [1.165, 1.54) is 19.2 Å². The lowest BCUT2D eigenvalue weighted by Crippen LogP contribution is -1.99. The highest BCUT2D eigenvalue weighted by atomic mass is 35.5. The van der Waals surface area contributed by atoms with Gasteiger partial charge < -0.3 is 0 Å². The summed E-state index contributed by atoms with van der Waals surface area (Å²) in [4.78, 5) is 12.5. The van der Waals surface area contributed by atoms with Crippen molar-refractivity contribution in [3.63, 3.8) is 0 Å². The van der Waals surface area contributed by atoms with E-state index in [2.05, 4.69) is 26.1 Å². The number of nitrogens with zero attached hydrogens (tertiary/aromatic N) is 5. The van der Waals surface area contributed by atoms with Gasteiger partial charge in [0.2, 0.25) is 0 Å². The number of aromatic nitrogens is 5. The summed E-state index contributed by atoms with van der Waals surface area (Å²) in [6, 6.07) is 5.76. The second-order valence-corrected chi connectivity index (χ2v) is 5.06. The molecule has 0 aliphatic heterocycles. The second-order valence-electron chi connectivity index (χ2n) is 4.67. The zero-order chi connectivity index (χ0) is 12.8. The maximum Gasteiger partial charge on any atom is 0.154 e. The number of fused-ring (bicyclic) bond motifs is 1. The molecule has 1 saturated carbocycles. The smallest absolute Gasteiger partial charge is 0.154 e. The van der Waals surface area contributed by atoms with E-state index in [9.17, 15) is 0 Å². The number of rotatable bonds is 2. The highest BCUT2D eigenvalue weighted by Gasteiger charge is 2.25. The van der Waals surface area contributed by atoms with Gasteiger partial charge in [-0.3, -0.25) is 0 Å². The Morgan fingerprint density at radius 1 is 1.16 bits per heavy atom. The first kappa shape index (κ1) is 10.9. The highest BCUT2D eigenvalue weighted by molar-refractivity contribution is 6.29. The Labute approximate surface area is 114 Å². The molecule has 1 aliphatic carbocycles. The van der Waals surface area contributed by atoms with Crippen LogP contribution in [0.2, 0.25) is 5.15 Å². The fourth-order valence-corrected chi connectivity index (χ4v) is 2.28. The lowest BCUT2D eigenvalue weighted by Gasteiger charge is -2.02. The minimum atomic E-state index is 0.415. The molecule has 6 heteroatoms. The van der Waals surface area contributed by atoms with Gasteiger partial charge in [0, 0.05) is 12.0 Å². The minimum absolute atomic E-state index is 0.415. The van der Waals surface area contributed by atoms with Crippen molar-refractivity contribution in [1.29, 1.82) is 0 Å². The van der Waals surface area contributed by atoms with Crippen molar-refractivity contribution in [2.24, 2.45) is 0 Å². The molecule has 0 spiro atoms. The van der Waals surface area contributed by atoms with E-state index in [1.54, 1.807) is 12.3 Å². The summed E-state index contributed by atoms with van der Waals surface area (Å²) in [6.07, 6.45) is 5.66. The van der Waals surface area contributed by atoms with Crippen molar-refractivity contribution in [3.05, 3.63) is 41.6 Å². The summed E-state index contributed by atoms with van der Waals surface area (Å²) in [5.74, 6) is 0.605. The van der Waals surface area contributed by atoms with Crippen LogP contribution in [0.1, 0.15) is 24.5 Å². The predicted octanol–water partition coefficient (Wildman–Crippen LogP) is 2.72. The van der Waals surface area contributed by atoms with E-state index >= 15 is 0 Å². The van der Waals surface area contributed by atoms with Gasteiger partial charge in [-0.1, -0.05) is 11.6 Å². The van der Waals surface area contributed by atoms with E-state index in [-0.39, 0.29) is 0 Å². The lowest BCUT2D eigenvalue weighted by atomic mass is 10.3. The standard InChI is InChI=1S/C13H10ClN5/c14-12-5-10(16-7-17-12)11-6-15-13-4-3-9(8-1-2-8)18-19(11)13/h3-8H,1-2H2. The number of halogens is 1. The molecule has 0 atom stereocenters. The SMILES string of the molecule is Clc1cc(-c2cnc3ccc(C4CC4)nn23)ncn1. The topological polar surface area (TPSA) is 56.0 Å². The Bertz CT molecular complexity index is 763. The van der Waals surface area contributed by atoms with Crippen LogP contribution in [0.15, 0.2) is 30.7 Å². The monoisotopic (exact) mass is 271 g/mol. The van der Waals surface area contributed by atoms with E-state index in [0.717, 1.165) is 22.7 Å². The molecule has 94 valence electrons. The number of hydrogen-bond acceptors (Lipinski definition) is 4. The van der Waals surface area contributed by atoms with E-state index in [0.29, 0.717) is 11.1 Å². The molecule has 0 unspecified atom stereocenters. The average molecular weight is 272 g/mol.